The number of rotatable bonds is 8. The molecule has 2 aromatic rings. The molecule has 0 N–H and O–H groups in total. The molecule has 5 nitrogen and oxygen atoms in total. The minimum Gasteiger partial charge on any atom is -0.493 e. The number of hydrogen-bond donors (Lipinski definition) is 0. The third-order valence-electron chi connectivity index (χ3n) is 4.17. The van der Waals surface area contributed by atoms with E-state index in [4.69, 9.17) is 19.5 Å². The number of benzene rings is 2. The van der Waals surface area contributed by atoms with Gasteiger partial charge < -0.3 is 14.2 Å². The van der Waals surface area contributed by atoms with Crippen molar-refractivity contribution in [2.45, 2.75) is 26.2 Å². The van der Waals surface area contributed by atoms with E-state index in [2.05, 4.69) is 13.8 Å². The fraction of sp³-hybridized carbons (Fsp3) is 0.273. The Balaban J connectivity index is 2.00. The predicted molar refractivity (Wildman–Crippen MR) is 104 cm³/mol. The molecule has 0 aromatic heterocycles. The van der Waals surface area contributed by atoms with Crippen molar-refractivity contribution in [3.63, 3.8) is 0 Å². The Labute approximate surface area is 159 Å². The highest BCUT2D eigenvalue weighted by Gasteiger charge is 2.07. The summed E-state index contributed by atoms with van der Waals surface area (Å²) in [5.74, 6) is 1.48. The summed E-state index contributed by atoms with van der Waals surface area (Å²) in [5.41, 5.74) is 1.97. The minimum absolute atomic E-state index is 0.0618. The number of esters is 1. The molecule has 0 aliphatic heterocycles. The largest absolute Gasteiger partial charge is 0.493 e. The Morgan fingerprint density at radius 1 is 1.19 bits per heavy atom. The van der Waals surface area contributed by atoms with Crippen molar-refractivity contribution in [1.29, 1.82) is 5.26 Å². The third kappa shape index (κ3) is 5.89. The highest BCUT2D eigenvalue weighted by Crippen LogP contribution is 2.28. The average molecular weight is 365 g/mol. The van der Waals surface area contributed by atoms with Crippen LogP contribution in [-0.2, 0) is 4.79 Å². The van der Waals surface area contributed by atoms with Crippen molar-refractivity contribution in [2.75, 3.05) is 13.7 Å². The second-order valence-corrected chi connectivity index (χ2v) is 5.99. The zero-order valence-electron chi connectivity index (χ0n) is 15.8. The van der Waals surface area contributed by atoms with Crippen LogP contribution in [0.5, 0.6) is 17.2 Å². The molecule has 27 heavy (non-hydrogen) atoms. The van der Waals surface area contributed by atoms with Crippen molar-refractivity contribution in [3.8, 4) is 23.3 Å². The van der Waals surface area contributed by atoms with E-state index in [1.165, 1.54) is 18.7 Å². The van der Waals surface area contributed by atoms with Crippen LogP contribution >= 0.6 is 0 Å². The lowest BCUT2D eigenvalue weighted by atomic mass is 9.99. The van der Waals surface area contributed by atoms with Gasteiger partial charge in [-0.25, -0.2) is 4.79 Å². The van der Waals surface area contributed by atoms with E-state index >= 15 is 0 Å². The number of ether oxygens (including phenoxy) is 3. The van der Waals surface area contributed by atoms with Gasteiger partial charge in [-0.1, -0.05) is 32.0 Å². The fourth-order valence-corrected chi connectivity index (χ4v) is 2.43. The first-order valence-corrected chi connectivity index (χ1v) is 8.75. The monoisotopic (exact) mass is 365 g/mol. The number of nitrogens with zero attached hydrogens (tertiary/aromatic N) is 1. The number of carbonyl (C=O) groups is 1. The van der Waals surface area contributed by atoms with Crippen molar-refractivity contribution in [3.05, 3.63) is 59.7 Å². The maximum absolute atomic E-state index is 12.0. The molecule has 0 unspecified atom stereocenters. The lowest BCUT2D eigenvalue weighted by Crippen LogP contribution is -2.04. The lowest BCUT2D eigenvalue weighted by molar-refractivity contribution is -0.128. The number of nitriles is 1. The zero-order chi connectivity index (χ0) is 19.6. The summed E-state index contributed by atoms with van der Waals surface area (Å²) in [6.45, 7) is 4.24. The van der Waals surface area contributed by atoms with Gasteiger partial charge in [-0.2, -0.15) is 5.26 Å². The first kappa shape index (κ1) is 20.1. The summed E-state index contributed by atoms with van der Waals surface area (Å²) in [5, 5.41) is 8.59. The molecule has 0 fully saturated rings. The molecular formula is C22H23NO4. The van der Waals surface area contributed by atoms with Crippen LogP contribution in [0.2, 0.25) is 0 Å². The van der Waals surface area contributed by atoms with Crippen molar-refractivity contribution >= 4 is 12.0 Å². The Morgan fingerprint density at radius 2 is 1.93 bits per heavy atom. The van der Waals surface area contributed by atoms with Gasteiger partial charge in [0.25, 0.3) is 0 Å². The number of carbonyl (C=O) groups excluding carboxylic acids is 1. The van der Waals surface area contributed by atoms with Crippen molar-refractivity contribution < 1.29 is 19.0 Å². The SMILES string of the molecule is CC[C@@H](C)c1ccc(OC(=O)/C=C/c2ccc(OCC#N)c(OC)c2)cc1. The summed E-state index contributed by atoms with van der Waals surface area (Å²) in [4.78, 5) is 12.0. The molecule has 0 saturated carbocycles. The van der Waals surface area contributed by atoms with Crippen LogP contribution in [0, 0.1) is 11.3 Å². The maximum atomic E-state index is 12.0. The smallest absolute Gasteiger partial charge is 0.336 e. The first-order chi connectivity index (χ1) is 13.1. The molecular weight excluding hydrogens is 342 g/mol. The molecule has 140 valence electrons. The molecule has 2 rings (SSSR count). The fourth-order valence-electron chi connectivity index (χ4n) is 2.43. The molecule has 0 radical (unpaired) electrons. The van der Waals surface area contributed by atoms with Gasteiger partial charge in [0, 0.05) is 6.08 Å². The molecule has 0 aliphatic carbocycles. The molecule has 0 bridgehead atoms. The highest BCUT2D eigenvalue weighted by atomic mass is 16.5. The molecule has 2 aromatic carbocycles. The van der Waals surface area contributed by atoms with Gasteiger partial charge in [0.2, 0.25) is 0 Å². The van der Waals surface area contributed by atoms with Gasteiger partial charge in [-0.05, 0) is 53.8 Å². The van der Waals surface area contributed by atoms with Crippen LogP contribution in [-0.4, -0.2) is 19.7 Å². The molecule has 0 amide bonds. The van der Waals surface area contributed by atoms with Crippen LogP contribution in [0.25, 0.3) is 6.08 Å². The summed E-state index contributed by atoms with van der Waals surface area (Å²) in [6, 6.07) is 14.6. The van der Waals surface area contributed by atoms with Crippen molar-refractivity contribution in [1.82, 2.24) is 0 Å². The molecule has 0 aliphatic rings. The van der Waals surface area contributed by atoms with E-state index in [-0.39, 0.29) is 6.61 Å². The standard InChI is InChI=1S/C22H23NO4/c1-4-16(2)18-7-9-19(10-8-18)27-22(24)12-6-17-5-11-20(26-14-13-23)21(15-17)25-3/h5-12,15-16H,4,14H2,1-3H3/b12-6+/t16-/m1/s1. The summed E-state index contributed by atoms with van der Waals surface area (Å²) >= 11 is 0. The second kappa shape index (κ2) is 10.0. The summed E-state index contributed by atoms with van der Waals surface area (Å²) in [7, 11) is 1.51. The number of methoxy groups -OCH3 is 1. The molecule has 1 atom stereocenters. The van der Waals surface area contributed by atoms with E-state index < -0.39 is 5.97 Å². The van der Waals surface area contributed by atoms with Gasteiger partial charge >= 0.3 is 5.97 Å². The number of hydrogen-bond acceptors (Lipinski definition) is 5. The van der Waals surface area contributed by atoms with Crippen LogP contribution in [0.3, 0.4) is 0 Å². The van der Waals surface area contributed by atoms with E-state index in [1.807, 2.05) is 18.2 Å². The minimum atomic E-state index is -0.463. The van der Waals surface area contributed by atoms with E-state index in [9.17, 15) is 4.79 Å². The van der Waals surface area contributed by atoms with Gasteiger partial charge in [-0.15, -0.1) is 0 Å². The van der Waals surface area contributed by atoms with Gasteiger partial charge in [0.15, 0.2) is 18.1 Å². The molecule has 0 spiro atoms. The van der Waals surface area contributed by atoms with Gasteiger partial charge in [0.05, 0.1) is 7.11 Å². The Kier molecular flexibility index (Phi) is 7.45. The lowest BCUT2D eigenvalue weighted by Gasteiger charge is -2.09. The Hall–Kier alpha value is -3.26. The first-order valence-electron chi connectivity index (χ1n) is 8.75. The topological polar surface area (TPSA) is 68.5 Å². The van der Waals surface area contributed by atoms with Gasteiger partial charge in [0.1, 0.15) is 11.8 Å². The van der Waals surface area contributed by atoms with Gasteiger partial charge in [-0.3, -0.25) is 0 Å². The Morgan fingerprint density at radius 3 is 2.56 bits per heavy atom. The summed E-state index contributed by atoms with van der Waals surface area (Å²) in [6.07, 6.45) is 4.05. The van der Waals surface area contributed by atoms with E-state index in [0.29, 0.717) is 23.2 Å². The van der Waals surface area contributed by atoms with E-state index in [0.717, 1.165) is 12.0 Å². The van der Waals surface area contributed by atoms with Crippen LogP contribution < -0.4 is 14.2 Å². The van der Waals surface area contributed by atoms with Crippen LogP contribution in [0.1, 0.15) is 37.3 Å². The zero-order valence-corrected chi connectivity index (χ0v) is 15.8. The maximum Gasteiger partial charge on any atom is 0.336 e. The normalized spacial score (nSPS) is 11.6. The third-order valence-corrected chi connectivity index (χ3v) is 4.17. The van der Waals surface area contributed by atoms with Crippen LogP contribution in [0.4, 0.5) is 0 Å². The van der Waals surface area contributed by atoms with Crippen molar-refractivity contribution in [2.24, 2.45) is 0 Å². The van der Waals surface area contributed by atoms with E-state index in [1.54, 1.807) is 36.4 Å². The quantitative estimate of drug-likeness (QED) is 0.384. The predicted octanol–water partition coefficient (Wildman–Crippen LogP) is 4.73. The molecule has 0 heterocycles. The summed E-state index contributed by atoms with van der Waals surface area (Å²) < 4.78 is 15.8. The average Bonchev–Trinajstić information content (AvgIpc) is 2.70. The molecule has 5 heteroatoms. The highest BCUT2D eigenvalue weighted by molar-refractivity contribution is 5.88. The second-order valence-electron chi connectivity index (χ2n) is 5.99. The van der Waals surface area contributed by atoms with Crippen LogP contribution in [0.15, 0.2) is 48.5 Å². The Bertz CT molecular complexity index is 834. The molecule has 0 saturated heterocycles.